The monoisotopic (exact) mass is 390 g/mol. The standard InChI is InChI=1S/C13H9BrCl2N2OS/c14-7-1-3-8(4-2-7)17-13(20)18-9-5-10(15)12(19)11(16)6-9/h1-6,19H,(H2,17,18,20). The van der Waals surface area contributed by atoms with Gasteiger partial charge in [0.15, 0.2) is 10.9 Å². The van der Waals surface area contributed by atoms with Gasteiger partial charge < -0.3 is 15.7 Å². The summed E-state index contributed by atoms with van der Waals surface area (Å²) in [5.41, 5.74) is 1.44. The molecule has 0 bridgehead atoms. The summed E-state index contributed by atoms with van der Waals surface area (Å²) in [4.78, 5) is 0. The predicted octanol–water partition coefficient (Wildman–Crippen LogP) is 5.27. The molecule has 0 atom stereocenters. The number of halogens is 3. The number of aromatic hydroxyl groups is 1. The Morgan fingerprint density at radius 2 is 1.50 bits per heavy atom. The summed E-state index contributed by atoms with van der Waals surface area (Å²) in [6.45, 7) is 0. The van der Waals surface area contributed by atoms with Crippen molar-refractivity contribution in [2.45, 2.75) is 0 Å². The molecule has 0 unspecified atom stereocenters. The SMILES string of the molecule is Oc1c(Cl)cc(NC(=S)Nc2ccc(Br)cc2)cc1Cl. The Morgan fingerprint density at radius 1 is 1.00 bits per heavy atom. The van der Waals surface area contributed by atoms with E-state index in [9.17, 15) is 5.11 Å². The Morgan fingerprint density at radius 3 is 2.05 bits per heavy atom. The molecule has 0 heterocycles. The average molecular weight is 392 g/mol. The highest BCUT2D eigenvalue weighted by Gasteiger charge is 2.07. The van der Waals surface area contributed by atoms with Gasteiger partial charge in [0.05, 0.1) is 10.0 Å². The minimum atomic E-state index is -0.148. The van der Waals surface area contributed by atoms with E-state index in [0.29, 0.717) is 10.8 Å². The number of benzene rings is 2. The molecule has 0 fully saturated rings. The molecule has 2 aromatic carbocycles. The molecule has 0 aliphatic rings. The molecule has 0 radical (unpaired) electrons. The van der Waals surface area contributed by atoms with E-state index in [1.807, 2.05) is 24.3 Å². The number of phenolic OH excluding ortho intramolecular Hbond substituents is 1. The molecule has 0 aliphatic carbocycles. The van der Waals surface area contributed by atoms with Crippen LogP contribution in [0.2, 0.25) is 10.0 Å². The number of phenols is 1. The van der Waals surface area contributed by atoms with Gasteiger partial charge in [0.2, 0.25) is 0 Å². The Balaban J connectivity index is 2.06. The van der Waals surface area contributed by atoms with E-state index in [4.69, 9.17) is 35.4 Å². The second kappa shape index (κ2) is 6.63. The highest BCUT2D eigenvalue weighted by molar-refractivity contribution is 9.10. The van der Waals surface area contributed by atoms with Crippen molar-refractivity contribution in [2.24, 2.45) is 0 Å². The van der Waals surface area contributed by atoms with E-state index in [1.54, 1.807) is 12.1 Å². The van der Waals surface area contributed by atoms with Crippen LogP contribution in [0, 0.1) is 0 Å². The molecule has 0 saturated carbocycles. The van der Waals surface area contributed by atoms with Gasteiger partial charge in [-0.15, -0.1) is 0 Å². The van der Waals surface area contributed by atoms with Crippen LogP contribution in [-0.4, -0.2) is 10.2 Å². The number of hydrogen-bond acceptors (Lipinski definition) is 2. The molecule has 0 aromatic heterocycles. The summed E-state index contributed by atoms with van der Waals surface area (Å²) in [5, 5.41) is 16.2. The third-order valence-electron chi connectivity index (χ3n) is 2.38. The topological polar surface area (TPSA) is 44.3 Å². The zero-order chi connectivity index (χ0) is 14.7. The molecule has 2 rings (SSSR count). The number of anilines is 2. The van der Waals surface area contributed by atoms with Gasteiger partial charge >= 0.3 is 0 Å². The van der Waals surface area contributed by atoms with Crippen molar-refractivity contribution in [3.63, 3.8) is 0 Å². The molecule has 0 spiro atoms. The van der Waals surface area contributed by atoms with Crippen molar-refractivity contribution in [3.8, 4) is 5.75 Å². The van der Waals surface area contributed by atoms with Crippen LogP contribution in [0.15, 0.2) is 40.9 Å². The van der Waals surface area contributed by atoms with Crippen LogP contribution >= 0.6 is 51.3 Å². The summed E-state index contributed by atoms with van der Waals surface area (Å²) in [7, 11) is 0. The molecular weight excluding hydrogens is 383 g/mol. The largest absolute Gasteiger partial charge is 0.505 e. The van der Waals surface area contributed by atoms with Crippen LogP contribution in [0.1, 0.15) is 0 Å². The van der Waals surface area contributed by atoms with Gasteiger partial charge in [-0.1, -0.05) is 39.1 Å². The van der Waals surface area contributed by atoms with Crippen molar-refractivity contribution in [2.75, 3.05) is 10.6 Å². The van der Waals surface area contributed by atoms with E-state index in [1.165, 1.54) is 0 Å². The molecule has 0 amide bonds. The Bertz CT molecular complexity index is 626. The van der Waals surface area contributed by atoms with Gasteiger partial charge in [-0.05, 0) is 48.6 Å². The lowest BCUT2D eigenvalue weighted by atomic mass is 10.3. The smallest absolute Gasteiger partial charge is 0.175 e. The molecule has 2 aromatic rings. The first kappa shape index (κ1) is 15.4. The van der Waals surface area contributed by atoms with E-state index in [2.05, 4.69) is 26.6 Å². The van der Waals surface area contributed by atoms with E-state index in [0.717, 1.165) is 10.2 Å². The van der Waals surface area contributed by atoms with Crippen LogP contribution < -0.4 is 10.6 Å². The van der Waals surface area contributed by atoms with Crippen LogP contribution in [0.25, 0.3) is 0 Å². The summed E-state index contributed by atoms with van der Waals surface area (Å²) >= 11 is 20.2. The first-order valence-corrected chi connectivity index (χ1v) is 7.43. The van der Waals surface area contributed by atoms with Crippen molar-refractivity contribution >= 4 is 67.8 Å². The van der Waals surface area contributed by atoms with Gasteiger partial charge in [-0.3, -0.25) is 0 Å². The lowest BCUT2D eigenvalue weighted by Gasteiger charge is -2.12. The van der Waals surface area contributed by atoms with E-state index < -0.39 is 0 Å². The number of rotatable bonds is 2. The Hall–Kier alpha value is -1.01. The molecule has 20 heavy (non-hydrogen) atoms. The third-order valence-corrected chi connectivity index (χ3v) is 3.69. The van der Waals surface area contributed by atoms with Gasteiger partial charge in [0.25, 0.3) is 0 Å². The van der Waals surface area contributed by atoms with Crippen LogP contribution in [0.4, 0.5) is 11.4 Å². The van der Waals surface area contributed by atoms with Gasteiger partial charge in [-0.25, -0.2) is 0 Å². The first-order chi connectivity index (χ1) is 9.45. The zero-order valence-corrected chi connectivity index (χ0v) is 13.9. The fourth-order valence-electron chi connectivity index (χ4n) is 1.46. The Kier molecular flexibility index (Phi) is 5.10. The molecule has 3 nitrogen and oxygen atoms in total. The molecule has 3 N–H and O–H groups in total. The lowest BCUT2D eigenvalue weighted by molar-refractivity contribution is 0.476. The zero-order valence-electron chi connectivity index (χ0n) is 9.95. The summed E-state index contributed by atoms with van der Waals surface area (Å²) in [5.74, 6) is -0.148. The Labute approximate surface area is 140 Å². The van der Waals surface area contributed by atoms with E-state index in [-0.39, 0.29) is 15.8 Å². The van der Waals surface area contributed by atoms with Crippen molar-refractivity contribution in [3.05, 3.63) is 50.9 Å². The fourth-order valence-corrected chi connectivity index (χ4v) is 2.45. The number of hydrogen-bond donors (Lipinski definition) is 3. The highest BCUT2D eigenvalue weighted by Crippen LogP contribution is 2.34. The van der Waals surface area contributed by atoms with Crippen LogP contribution in [0.3, 0.4) is 0 Å². The molecule has 0 saturated heterocycles. The third kappa shape index (κ3) is 3.99. The fraction of sp³-hybridized carbons (Fsp3) is 0. The van der Waals surface area contributed by atoms with Crippen molar-refractivity contribution < 1.29 is 5.11 Å². The maximum atomic E-state index is 9.48. The maximum absolute atomic E-state index is 9.48. The predicted molar refractivity (Wildman–Crippen MR) is 92.1 cm³/mol. The molecule has 7 heteroatoms. The van der Waals surface area contributed by atoms with E-state index >= 15 is 0 Å². The van der Waals surface area contributed by atoms with Crippen LogP contribution in [-0.2, 0) is 0 Å². The quantitative estimate of drug-likeness (QED) is 0.482. The van der Waals surface area contributed by atoms with Crippen molar-refractivity contribution in [1.29, 1.82) is 0 Å². The number of thiocarbonyl (C=S) groups is 1. The second-order valence-electron chi connectivity index (χ2n) is 3.87. The van der Waals surface area contributed by atoms with Crippen LogP contribution in [0.5, 0.6) is 5.75 Å². The minimum Gasteiger partial charge on any atom is -0.505 e. The second-order valence-corrected chi connectivity index (χ2v) is 6.01. The van der Waals surface area contributed by atoms with Gasteiger partial charge in [0.1, 0.15) is 0 Å². The minimum absolute atomic E-state index is 0.148. The summed E-state index contributed by atoms with van der Waals surface area (Å²) in [6.07, 6.45) is 0. The average Bonchev–Trinajstić information content (AvgIpc) is 2.38. The van der Waals surface area contributed by atoms with Gasteiger partial charge in [-0.2, -0.15) is 0 Å². The highest BCUT2D eigenvalue weighted by atomic mass is 79.9. The summed E-state index contributed by atoms with van der Waals surface area (Å²) < 4.78 is 0.985. The molecular formula is C13H9BrCl2N2OS. The number of nitrogens with one attached hydrogen (secondary N) is 2. The molecule has 0 aliphatic heterocycles. The van der Waals surface area contributed by atoms with Crippen molar-refractivity contribution in [1.82, 2.24) is 0 Å². The normalized spacial score (nSPS) is 10.2. The summed E-state index contributed by atoms with van der Waals surface area (Å²) in [6, 6.07) is 10.7. The first-order valence-electron chi connectivity index (χ1n) is 5.47. The van der Waals surface area contributed by atoms with Gasteiger partial charge in [0, 0.05) is 15.8 Å². The maximum Gasteiger partial charge on any atom is 0.175 e. The lowest BCUT2D eigenvalue weighted by Crippen LogP contribution is -2.18. The molecule has 104 valence electrons.